The number of halogens is 1. The molecule has 1 aromatic heterocycles. The SMILES string of the molecule is COc1ccc(F)cc1Oc1c(OCC2COC(C)(C)O2)ncnc1N(CC(C)C)S(=O)(=O)c1ccccc1. The smallest absolute Gasteiger partial charge is 0.265 e. The lowest BCUT2D eigenvalue weighted by atomic mass is 10.2. The van der Waals surface area contributed by atoms with E-state index in [0.717, 1.165) is 10.4 Å². The second-order valence-electron chi connectivity index (χ2n) is 9.73. The second-order valence-corrected chi connectivity index (χ2v) is 11.6. The molecule has 1 unspecified atom stereocenters. The lowest BCUT2D eigenvalue weighted by Gasteiger charge is -2.27. The Hall–Kier alpha value is -3.48. The molecule has 0 aliphatic carbocycles. The average Bonchev–Trinajstić information content (AvgIpc) is 3.25. The predicted octanol–water partition coefficient (Wildman–Crippen LogP) is 4.80. The number of aromatic nitrogens is 2. The number of nitrogens with zero attached hydrogens (tertiary/aromatic N) is 3. The van der Waals surface area contributed by atoms with Gasteiger partial charge in [-0.3, -0.25) is 0 Å². The molecular weight excluding hydrogens is 529 g/mol. The van der Waals surface area contributed by atoms with Crippen LogP contribution in [-0.4, -0.2) is 57.1 Å². The normalized spacial score (nSPS) is 16.7. The maximum atomic E-state index is 14.2. The van der Waals surface area contributed by atoms with Crippen molar-refractivity contribution in [1.29, 1.82) is 0 Å². The van der Waals surface area contributed by atoms with E-state index in [2.05, 4.69) is 9.97 Å². The van der Waals surface area contributed by atoms with Crippen LogP contribution >= 0.6 is 0 Å². The van der Waals surface area contributed by atoms with Crippen LogP contribution in [0.3, 0.4) is 0 Å². The third-order valence-corrected chi connectivity index (χ3v) is 7.43. The van der Waals surface area contributed by atoms with Gasteiger partial charge in [-0.25, -0.2) is 22.1 Å². The summed E-state index contributed by atoms with van der Waals surface area (Å²) in [5.74, 6) is -1.50. The van der Waals surface area contributed by atoms with Crippen molar-refractivity contribution in [1.82, 2.24) is 9.97 Å². The lowest BCUT2D eigenvalue weighted by molar-refractivity contribution is -0.141. The largest absolute Gasteiger partial charge is 0.493 e. The first-order valence-electron chi connectivity index (χ1n) is 12.4. The lowest BCUT2D eigenvalue weighted by Crippen LogP contribution is -2.35. The van der Waals surface area contributed by atoms with Gasteiger partial charge in [0.2, 0.25) is 5.75 Å². The van der Waals surface area contributed by atoms with Crippen molar-refractivity contribution in [3.05, 3.63) is 60.7 Å². The fourth-order valence-corrected chi connectivity index (χ4v) is 5.53. The molecule has 1 aliphatic rings. The molecule has 1 atom stereocenters. The molecule has 0 saturated carbocycles. The van der Waals surface area contributed by atoms with Gasteiger partial charge in [-0.2, -0.15) is 4.98 Å². The number of benzene rings is 2. The van der Waals surface area contributed by atoms with Gasteiger partial charge in [0.1, 0.15) is 24.9 Å². The molecule has 1 aliphatic heterocycles. The fourth-order valence-electron chi connectivity index (χ4n) is 3.93. The third-order valence-electron chi connectivity index (χ3n) is 5.66. The van der Waals surface area contributed by atoms with Crippen molar-refractivity contribution in [3.63, 3.8) is 0 Å². The van der Waals surface area contributed by atoms with Crippen LogP contribution in [0, 0.1) is 11.7 Å². The summed E-state index contributed by atoms with van der Waals surface area (Å²) in [7, 11) is -2.69. The van der Waals surface area contributed by atoms with Gasteiger partial charge < -0.3 is 23.7 Å². The summed E-state index contributed by atoms with van der Waals surface area (Å²) in [6, 6.07) is 11.7. The van der Waals surface area contributed by atoms with E-state index >= 15 is 0 Å². The van der Waals surface area contributed by atoms with E-state index in [1.165, 1.54) is 37.7 Å². The van der Waals surface area contributed by atoms with Crippen LogP contribution in [0.25, 0.3) is 0 Å². The maximum Gasteiger partial charge on any atom is 0.265 e. The van der Waals surface area contributed by atoms with E-state index in [1.807, 2.05) is 13.8 Å². The molecule has 10 nitrogen and oxygen atoms in total. The van der Waals surface area contributed by atoms with Gasteiger partial charge in [0.25, 0.3) is 15.9 Å². The second kappa shape index (κ2) is 11.7. The molecule has 0 spiro atoms. The van der Waals surface area contributed by atoms with E-state index in [9.17, 15) is 12.8 Å². The highest BCUT2D eigenvalue weighted by molar-refractivity contribution is 7.92. The van der Waals surface area contributed by atoms with Crippen molar-refractivity contribution in [3.8, 4) is 23.1 Å². The van der Waals surface area contributed by atoms with Crippen LogP contribution in [0.1, 0.15) is 27.7 Å². The molecule has 0 N–H and O–H groups in total. The van der Waals surface area contributed by atoms with Crippen LogP contribution in [0.15, 0.2) is 59.8 Å². The Morgan fingerprint density at radius 3 is 2.51 bits per heavy atom. The molecule has 1 fully saturated rings. The molecule has 1 saturated heterocycles. The molecule has 0 bridgehead atoms. The molecule has 4 rings (SSSR count). The highest BCUT2D eigenvalue weighted by atomic mass is 32.2. The van der Waals surface area contributed by atoms with Crippen LogP contribution in [-0.2, 0) is 19.5 Å². The van der Waals surface area contributed by atoms with Gasteiger partial charge in [0, 0.05) is 12.6 Å². The quantitative estimate of drug-likeness (QED) is 0.326. The summed E-state index contributed by atoms with van der Waals surface area (Å²) in [5, 5.41) is 0. The topological polar surface area (TPSA) is 109 Å². The first-order chi connectivity index (χ1) is 18.5. The van der Waals surface area contributed by atoms with Crippen molar-refractivity contribution in [2.75, 3.05) is 31.2 Å². The summed E-state index contributed by atoms with van der Waals surface area (Å²) < 4.78 is 71.9. The van der Waals surface area contributed by atoms with Crippen molar-refractivity contribution in [2.45, 2.75) is 44.5 Å². The minimum Gasteiger partial charge on any atom is -0.493 e. The first kappa shape index (κ1) is 28.5. The molecule has 0 radical (unpaired) electrons. The van der Waals surface area contributed by atoms with Gasteiger partial charge in [-0.1, -0.05) is 32.0 Å². The molecule has 12 heteroatoms. The Kier molecular flexibility index (Phi) is 8.57. The predicted molar refractivity (Wildman–Crippen MR) is 141 cm³/mol. The monoisotopic (exact) mass is 561 g/mol. The highest BCUT2D eigenvalue weighted by Crippen LogP contribution is 2.43. The van der Waals surface area contributed by atoms with Crippen molar-refractivity contribution >= 4 is 15.8 Å². The number of anilines is 1. The van der Waals surface area contributed by atoms with E-state index < -0.39 is 27.7 Å². The van der Waals surface area contributed by atoms with Crippen LogP contribution < -0.4 is 18.5 Å². The van der Waals surface area contributed by atoms with Gasteiger partial charge in [0.05, 0.1) is 18.6 Å². The molecule has 0 amide bonds. The molecule has 3 aromatic rings. The van der Waals surface area contributed by atoms with Crippen LogP contribution in [0.4, 0.5) is 10.2 Å². The maximum absolute atomic E-state index is 14.2. The van der Waals surface area contributed by atoms with Crippen molar-refractivity contribution in [2.24, 2.45) is 5.92 Å². The van der Waals surface area contributed by atoms with Gasteiger partial charge in [-0.05, 0) is 44.0 Å². The number of hydrogen-bond acceptors (Lipinski definition) is 9. The fraction of sp³-hybridized carbons (Fsp3) is 0.407. The van der Waals surface area contributed by atoms with Gasteiger partial charge >= 0.3 is 0 Å². The van der Waals surface area contributed by atoms with Crippen molar-refractivity contribution < 1.29 is 36.5 Å². The summed E-state index contributed by atoms with van der Waals surface area (Å²) in [6.07, 6.45) is 0.777. The number of rotatable bonds is 11. The number of hydrogen-bond donors (Lipinski definition) is 0. The van der Waals surface area contributed by atoms with Gasteiger partial charge in [-0.15, -0.1) is 0 Å². The summed E-state index contributed by atoms with van der Waals surface area (Å²) in [4.78, 5) is 8.59. The van der Waals surface area contributed by atoms with E-state index in [4.69, 9.17) is 23.7 Å². The zero-order valence-corrected chi connectivity index (χ0v) is 23.3. The minimum atomic E-state index is -4.09. The Labute approximate surface area is 227 Å². The Morgan fingerprint density at radius 1 is 1.13 bits per heavy atom. The first-order valence-corrected chi connectivity index (χ1v) is 13.8. The van der Waals surface area contributed by atoms with Gasteiger partial charge in [0.15, 0.2) is 23.1 Å². The molecule has 2 aromatic carbocycles. The molecule has 39 heavy (non-hydrogen) atoms. The highest BCUT2D eigenvalue weighted by Gasteiger charge is 2.35. The third kappa shape index (κ3) is 6.75. The minimum absolute atomic E-state index is 0.0124. The van der Waals surface area contributed by atoms with E-state index in [1.54, 1.807) is 32.0 Å². The summed E-state index contributed by atoms with van der Waals surface area (Å²) in [6.45, 7) is 7.73. The Bertz CT molecular complexity index is 1390. The molecular formula is C27H32FN3O7S. The Morgan fingerprint density at radius 2 is 1.87 bits per heavy atom. The standard InChI is InChI=1S/C27H32FN3O7S/c1-18(2)14-31(39(32,33)21-9-7-6-8-10-21)25-24(37-23-13-19(28)11-12-22(23)34-5)26(30-17-29-25)35-15-20-16-36-27(3,4)38-20/h6-13,17-18,20H,14-16H2,1-5H3. The van der Waals surface area contributed by atoms with Crippen LogP contribution in [0.5, 0.6) is 23.1 Å². The zero-order chi connectivity index (χ0) is 28.2. The van der Waals surface area contributed by atoms with E-state index in [0.29, 0.717) is 6.61 Å². The zero-order valence-electron chi connectivity index (χ0n) is 22.5. The number of ether oxygens (including phenoxy) is 5. The molecule has 210 valence electrons. The Balaban J connectivity index is 1.82. The van der Waals surface area contributed by atoms with E-state index in [-0.39, 0.29) is 52.9 Å². The summed E-state index contributed by atoms with van der Waals surface area (Å²) in [5.41, 5.74) is 0. The van der Waals surface area contributed by atoms with Crippen LogP contribution in [0.2, 0.25) is 0 Å². The average molecular weight is 562 g/mol. The molecule has 2 heterocycles. The number of methoxy groups -OCH3 is 1. The number of sulfonamides is 1. The summed E-state index contributed by atoms with van der Waals surface area (Å²) >= 11 is 0.